The Bertz CT molecular complexity index is 500. The zero-order valence-corrected chi connectivity index (χ0v) is 11.4. The highest BCUT2D eigenvalue weighted by Crippen LogP contribution is 2.11. The largest absolute Gasteiger partial charge is 0.353 e. The van der Waals surface area contributed by atoms with E-state index in [-0.39, 0.29) is 0 Å². The summed E-state index contributed by atoms with van der Waals surface area (Å²) in [5, 5.41) is 3.36. The number of nitrogens with one attached hydrogen (secondary N) is 1. The maximum atomic E-state index is 4.34. The number of anilines is 1. The first kappa shape index (κ1) is 12.7. The maximum absolute atomic E-state index is 4.34. The molecule has 0 saturated carbocycles. The molecule has 1 aromatic carbocycles. The van der Waals surface area contributed by atoms with Gasteiger partial charge in [0.25, 0.3) is 0 Å². The molecule has 0 aliphatic heterocycles. The number of rotatable bonds is 5. The summed E-state index contributed by atoms with van der Waals surface area (Å²) in [5.41, 5.74) is 2.76. The molecule has 0 bridgehead atoms. The molecule has 0 atom stereocenters. The van der Waals surface area contributed by atoms with E-state index >= 15 is 0 Å². The van der Waals surface area contributed by atoms with Crippen molar-refractivity contribution in [2.45, 2.75) is 39.8 Å². The molecule has 96 valence electrons. The van der Waals surface area contributed by atoms with Crippen molar-refractivity contribution in [1.29, 1.82) is 0 Å². The second-order valence-electron chi connectivity index (χ2n) is 4.92. The van der Waals surface area contributed by atoms with Crippen molar-refractivity contribution in [1.82, 2.24) is 9.55 Å². The normalized spacial score (nSPS) is 10.9. The van der Waals surface area contributed by atoms with Crippen LogP contribution in [-0.4, -0.2) is 15.6 Å². The maximum Gasteiger partial charge on any atom is 0.202 e. The Morgan fingerprint density at radius 1 is 1.28 bits per heavy atom. The highest BCUT2D eigenvalue weighted by molar-refractivity contribution is 5.28. The number of nitrogens with zero attached hydrogens (tertiary/aromatic N) is 2. The fourth-order valence-corrected chi connectivity index (χ4v) is 2.02. The van der Waals surface area contributed by atoms with Crippen LogP contribution in [0.5, 0.6) is 0 Å². The molecule has 0 fully saturated rings. The minimum atomic E-state index is 0.407. The SMILES string of the molecule is Cc1ccccc1CCn1ccnc1NC(C)C. The Labute approximate surface area is 109 Å². The van der Waals surface area contributed by atoms with E-state index in [1.165, 1.54) is 11.1 Å². The van der Waals surface area contributed by atoms with Crippen LogP contribution in [0.4, 0.5) is 5.95 Å². The molecule has 0 aliphatic rings. The Kier molecular flexibility index (Phi) is 4.03. The lowest BCUT2D eigenvalue weighted by Gasteiger charge is -2.12. The third-order valence-corrected chi connectivity index (χ3v) is 3.02. The minimum absolute atomic E-state index is 0.407. The third kappa shape index (κ3) is 3.13. The van der Waals surface area contributed by atoms with Crippen LogP contribution in [0.25, 0.3) is 0 Å². The van der Waals surface area contributed by atoms with Crippen molar-refractivity contribution in [3.05, 3.63) is 47.8 Å². The van der Waals surface area contributed by atoms with E-state index in [1.54, 1.807) is 0 Å². The van der Waals surface area contributed by atoms with Crippen LogP contribution >= 0.6 is 0 Å². The number of hydrogen-bond donors (Lipinski definition) is 1. The summed E-state index contributed by atoms with van der Waals surface area (Å²) in [5.74, 6) is 0.957. The van der Waals surface area contributed by atoms with Gasteiger partial charge in [-0.1, -0.05) is 24.3 Å². The molecule has 18 heavy (non-hydrogen) atoms. The summed E-state index contributed by atoms with van der Waals surface area (Å²) in [6.45, 7) is 7.37. The molecule has 0 aliphatic carbocycles. The summed E-state index contributed by atoms with van der Waals surface area (Å²) < 4.78 is 2.17. The highest BCUT2D eigenvalue weighted by Gasteiger charge is 2.04. The minimum Gasteiger partial charge on any atom is -0.353 e. The molecular formula is C15H21N3. The lowest BCUT2D eigenvalue weighted by Crippen LogP contribution is -2.15. The van der Waals surface area contributed by atoms with Crippen LogP contribution < -0.4 is 5.32 Å². The Morgan fingerprint density at radius 3 is 2.78 bits per heavy atom. The van der Waals surface area contributed by atoms with E-state index in [1.807, 2.05) is 12.4 Å². The van der Waals surface area contributed by atoms with Crippen molar-refractivity contribution in [3.8, 4) is 0 Å². The molecular weight excluding hydrogens is 222 g/mol. The van der Waals surface area contributed by atoms with E-state index in [4.69, 9.17) is 0 Å². The number of aromatic nitrogens is 2. The first-order valence-corrected chi connectivity index (χ1v) is 6.49. The molecule has 0 spiro atoms. The van der Waals surface area contributed by atoms with Gasteiger partial charge in [0.1, 0.15) is 0 Å². The first-order chi connectivity index (χ1) is 8.66. The van der Waals surface area contributed by atoms with Crippen molar-refractivity contribution in [2.24, 2.45) is 0 Å². The average Bonchev–Trinajstić information content (AvgIpc) is 2.75. The average molecular weight is 243 g/mol. The van der Waals surface area contributed by atoms with Crippen molar-refractivity contribution in [3.63, 3.8) is 0 Å². The molecule has 3 heteroatoms. The molecule has 1 heterocycles. The lowest BCUT2D eigenvalue weighted by molar-refractivity contribution is 0.690. The molecule has 0 saturated heterocycles. The Balaban J connectivity index is 2.02. The van der Waals surface area contributed by atoms with E-state index in [0.29, 0.717) is 6.04 Å². The predicted molar refractivity (Wildman–Crippen MR) is 75.9 cm³/mol. The van der Waals surface area contributed by atoms with Gasteiger partial charge in [-0.15, -0.1) is 0 Å². The molecule has 3 nitrogen and oxygen atoms in total. The van der Waals surface area contributed by atoms with E-state index < -0.39 is 0 Å². The molecule has 1 aromatic heterocycles. The zero-order chi connectivity index (χ0) is 13.0. The Hall–Kier alpha value is -1.77. The van der Waals surface area contributed by atoms with E-state index in [9.17, 15) is 0 Å². The summed E-state index contributed by atoms with van der Waals surface area (Å²) in [4.78, 5) is 4.34. The van der Waals surface area contributed by atoms with Gasteiger partial charge >= 0.3 is 0 Å². The molecule has 2 aromatic rings. The van der Waals surface area contributed by atoms with E-state index in [0.717, 1.165) is 18.9 Å². The van der Waals surface area contributed by atoms with Crippen molar-refractivity contribution in [2.75, 3.05) is 5.32 Å². The van der Waals surface area contributed by atoms with Gasteiger partial charge in [0.15, 0.2) is 0 Å². The molecule has 2 rings (SSSR count). The zero-order valence-electron chi connectivity index (χ0n) is 11.4. The molecule has 0 amide bonds. The highest BCUT2D eigenvalue weighted by atomic mass is 15.2. The fourth-order valence-electron chi connectivity index (χ4n) is 2.02. The monoisotopic (exact) mass is 243 g/mol. The number of imidazole rings is 1. The standard InChI is InChI=1S/C15H21N3/c1-12(2)17-15-16-9-11-18(15)10-8-14-7-5-4-6-13(14)3/h4-7,9,11-12H,8,10H2,1-3H3,(H,16,17). The third-order valence-electron chi connectivity index (χ3n) is 3.02. The van der Waals surface area contributed by atoms with Gasteiger partial charge in [-0.3, -0.25) is 0 Å². The number of aryl methyl sites for hydroxylation is 3. The molecule has 1 N–H and O–H groups in total. The van der Waals surface area contributed by atoms with Crippen molar-refractivity contribution >= 4 is 5.95 Å². The fraction of sp³-hybridized carbons (Fsp3) is 0.400. The van der Waals surface area contributed by atoms with E-state index in [2.05, 4.69) is 59.9 Å². The van der Waals surface area contributed by atoms with Crippen LogP contribution in [-0.2, 0) is 13.0 Å². The topological polar surface area (TPSA) is 29.9 Å². The van der Waals surface area contributed by atoms with Gasteiger partial charge in [-0.05, 0) is 38.3 Å². The summed E-state index contributed by atoms with van der Waals surface area (Å²) in [6.07, 6.45) is 4.92. The smallest absolute Gasteiger partial charge is 0.202 e. The number of hydrogen-bond acceptors (Lipinski definition) is 2. The number of benzene rings is 1. The van der Waals surface area contributed by atoms with Gasteiger partial charge in [-0.25, -0.2) is 4.98 Å². The van der Waals surface area contributed by atoms with Crippen LogP contribution in [0, 0.1) is 6.92 Å². The van der Waals surface area contributed by atoms with Crippen LogP contribution in [0.15, 0.2) is 36.7 Å². The van der Waals surface area contributed by atoms with Gasteiger partial charge in [0.05, 0.1) is 0 Å². The van der Waals surface area contributed by atoms with Crippen LogP contribution in [0.1, 0.15) is 25.0 Å². The second-order valence-corrected chi connectivity index (χ2v) is 4.92. The van der Waals surface area contributed by atoms with Crippen molar-refractivity contribution < 1.29 is 0 Å². The van der Waals surface area contributed by atoms with Crippen LogP contribution in [0.3, 0.4) is 0 Å². The summed E-state index contributed by atoms with van der Waals surface area (Å²) in [6, 6.07) is 8.95. The van der Waals surface area contributed by atoms with Gasteiger partial charge in [0, 0.05) is 25.0 Å². The predicted octanol–water partition coefficient (Wildman–Crippen LogP) is 3.25. The van der Waals surface area contributed by atoms with Gasteiger partial charge in [-0.2, -0.15) is 0 Å². The van der Waals surface area contributed by atoms with Gasteiger partial charge in [0.2, 0.25) is 5.95 Å². The second kappa shape index (κ2) is 5.71. The molecule has 0 radical (unpaired) electrons. The van der Waals surface area contributed by atoms with Crippen LogP contribution in [0.2, 0.25) is 0 Å². The summed E-state index contributed by atoms with van der Waals surface area (Å²) in [7, 11) is 0. The first-order valence-electron chi connectivity index (χ1n) is 6.49. The quantitative estimate of drug-likeness (QED) is 0.873. The molecule has 0 unspecified atom stereocenters. The Morgan fingerprint density at radius 2 is 2.06 bits per heavy atom. The lowest BCUT2D eigenvalue weighted by atomic mass is 10.1. The summed E-state index contributed by atoms with van der Waals surface area (Å²) >= 11 is 0. The van der Waals surface area contributed by atoms with Gasteiger partial charge < -0.3 is 9.88 Å².